The van der Waals surface area contributed by atoms with Crippen LogP contribution >= 0.6 is 0 Å². The molecule has 1 heterocycles. The van der Waals surface area contributed by atoms with Crippen LogP contribution in [-0.4, -0.2) is 32.1 Å². The number of ketones is 1. The van der Waals surface area contributed by atoms with Crippen molar-refractivity contribution in [2.75, 3.05) is 20.3 Å². The first-order valence-corrected chi connectivity index (χ1v) is 7.42. The molecule has 3 nitrogen and oxygen atoms in total. The molecule has 1 saturated carbocycles. The van der Waals surface area contributed by atoms with Gasteiger partial charge in [0, 0.05) is 26.7 Å². The molecule has 2 aliphatic rings. The van der Waals surface area contributed by atoms with Crippen molar-refractivity contribution in [1.82, 2.24) is 5.32 Å². The van der Waals surface area contributed by atoms with Gasteiger partial charge in [-0.05, 0) is 37.5 Å². The highest BCUT2D eigenvalue weighted by molar-refractivity contribution is 5.84. The van der Waals surface area contributed by atoms with E-state index in [2.05, 4.69) is 19.2 Å². The highest BCUT2D eigenvalue weighted by atomic mass is 16.5. The van der Waals surface area contributed by atoms with Crippen molar-refractivity contribution in [2.45, 2.75) is 64.8 Å². The van der Waals surface area contributed by atoms with Gasteiger partial charge in [-0.25, -0.2) is 0 Å². The average Bonchev–Trinajstić information content (AvgIpc) is 2.76. The molecular weight excluding hydrogens is 226 g/mol. The summed E-state index contributed by atoms with van der Waals surface area (Å²) in [5.74, 6) is 0.436. The topological polar surface area (TPSA) is 38.3 Å². The Hall–Kier alpha value is -0.410. The van der Waals surface area contributed by atoms with Gasteiger partial charge in [-0.1, -0.05) is 20.3 Å². The van der Waals surface area contributed by atoms with Gasteiger partial charge in [0.25, 0.3) is 0 Å². The summed E-state index contributed by atoms with van der Waals surface area (Å²) in [4.78, 5) is 11.6. The Labute approximate surface area is 112 Å². The van der Waals surface area contributed by atoms with Crippen LogP contribution in [0.5, 0.6) is 0 Å². The Bertz CT molecular complexity index is 247. The zero-order valence-electron chi connectivity index (χ0n) is 12.3. The second-order valence-corrected chi connectivity index (χ2v) is 5.70. The SMILES string of the molecule is CCCC(=O)C1CC2(CCC2)CN1.CCCOC. The Morgan fingerprint density at radius 3 is 2.39 bits per heavy atom. The largest absolute Gasteiger partial charge is 0.385 e. The van der Waals surface area contributed by atoms with Gasteiger partial charge in [-0.3, -0.25) is 4.79 Å². The van der Waals surface area contributed by atoms with Gasteiger partial charge in [0.2, 0.25) is 0 Å². The molecule has 1 spiro atoms. The minimum atomic E-state index is 0.195. The van der Waals surface area contributed by atoms with Gasteiger partial charge >= 0.3 is 0 Å². The van der Waals surface area contributed by atoms with E-state index in [0.717, 1.165) is 38.8 Å². The molecule has 0 aromatic rings. The van der Waals surface area contributed by atoms with Crippen molar-refractivity contribution in [3.05, 3.63) is 0 Å². The second kappa shape index (κ2) is 7.90. The monoisotopic (exact) mass is 255 g/mol. The molecule has 1 aliphatic heterocycles. The van der Waals surface area contributed by atoms with Crippen LogP contribution in [0.15, 0.2) is 0 Å². The highest BCUT2D eigenvalue weighted by Crippen LogP contribution is 2.47. The molecule has 0 amide bonds. The molecule has 0 aromatic heterocycles. The maximum Gasteiger partial charge on any atom is 0.149 e. The van der Waals surface area contributed by atoms with Crippen molar-refractivity contribution < 1.29 is 9.53 Å². The van der Waals surface area contributed by atoms with E-state index in [0.29, 0.717) is 11.2 Å². The number of ether oxygens (including phenoxy) is 1. The summed E-state index contributed by atoms with van der Waals surface area (Å²) in [7, 11) is 1.71. The van der Waals surface area contributed by atoms with E-state index >= 15 is 0 Å². The number of nitrogens with one attached hydrogen (secondary N) is 1. The summed E-state index contributed by atoms with van der Waals surface area (Å²) in [5.41, 5.74) is 0.536. The maximum absolute atomic E-state index is 11.6. The van der Waals surface area contributed by atoms with Gasteiger partial charge in [0.05, 0.1) is 6.04 Å². The molecule has 1 N–H and O–H groups in total. The van der Waals surface area contributed by atoms with Gasteiger partial charge in [-0.2, -0.15) is 0 Å². The molecule has 2 rings (SSSR count). The Balaban J connectivity index is 0.000000280. The van der Waals surface area contributed by atoms with Gasteiger partial charge in [0.15, 0.2) is 0 Å². The predicted octanol–water partition coefficient (Wildman–Crippen LogP) is 2.93. The zero-order valence-corrected chi connectivity index (χ0v) is 12.3. The standard InChI is InChI=1S/C11H19NO.C4H10O/c1-2-4-10(13)9-7-11(8-12-9)5-3-6-11;1-3-4-5-2/h9,12H,2-8H2,1H3;3-4H2,1-2H3. The third-order valence-electron chi connectivity index (χ3n) is 4.07. The molecule has 106 valence electrons. The molecule has 0 aromatic carbocycles. The third-order valence-corrected chi connectivity index (χ3v) is 4.07. The molecule has 0 bridgehead atoms. The van der Waals surface area contributed by atoms with Crippen molar-refractivity contribution >= 4 is 5.78 Å². The zero-order chi connectivity index (χ0) is 13.4. The summed E-state index contributed by atoms with van der Waals surface area (Å²) in [6, 6.07) is 0.195. The molecule has 1 atom stereocenters. The fourth-order valence-corrected chi connectivity index (χ4v) is 2.83. The first-order valence-electron chi connectivity index (χ1n) is 7.42. The van der Waals surface area contributed by atoms with Gasteiger partial charge in [-0.15, -0.1) is 0 Å². The molecule has 18 heavy (non-hydrogen) atoms. The fourth-order valence-electron chi connectivity index (χ4n) is 2.83. The second-order valence-electron chi connectivity index (χ2n) is 5.70. The van der Waals surface area contributed by atoms with Crippen LogP contribution in [-0.2, 0) is 9.53 Å². The van der Waals surface area contributed by atoms with Crippen LogP contribution in [0.1, 0.15) is 58.8 Å². The lowest BCUT2D eigenvalue weighted by atomic mass is 9.67. The third kappa shape index (κ3) is 4.36. The Morgan fingerprint density at radius 1 is 1.33 bits per heavy atom. The van der Waals surface area contributed by atoms with Gasteiger partial charge in [0.1, 0.15) is 5.78 Å². The van der Waals surface area contributed by atoms with E-state index in [4.69, 9.17) is 4.74 Å². The lowest BCUT2D eigenvalue weighted by Gasteiger charge is -2.37. The minimum absolute atomic E-state index is 0.195. The van der Waals surface area contributed by atoms with Crippen molar-refractivity contribution in [3.63, 3.8) is 0 Å². The fraction of sp³-hybridized carbons (Fsp3) is 0.933. The van der Waals surface area contributed by atoms with E-state index in [1.807, 2.05) is 0 Å². The number of hydrogen-bond acceptors (Lipinski definition) is 3. The highest BCUT2D eigenvalue weighted by Gasteiger charge is 2.44. The number of rotatable bonds is 5. The lowest BCUT2D eigenvalue weighted by molar-refractivity contribution is -0.121. The van der Waals surface area contributed by atoms with Gasteiger partial charge < -0.3 is 10.1 Å². The summed E-state index contributed by atoms with van der Waals surface area (Å²) in [6.45, 7) is 6.14. The van der Waals surface area contributed by atoms with E-state index in [-0.39, 0.29) is 6.04 Å². The van der Waals surface area contributed by atoms with E-state index < -0.39 is 0 Å². The maximum atomic E-state index is 11.6. The first-order chi connectivity index (χ1) is 8.67. The van der Waals surface area contributed by atoms with E-state index in [1.54, 1.807) is 7.11 Å². The number of methoxy groups -OCH3 is 1. The molecular formula is C15H29NO2. The van der Waals surface area contributed by atoms with Crippen molar-refractivity contribution in [3.8, 4) is 0 Å². The predicted molar refractivity (Wildman–Crippen MR) is 74.8 cm³/mol. The molecule has 1 saturated heterocycles. The summed E-state index contributed by atoms with van der Waals surface area (Å²) >= 11 is 0. The normalized spacial score (nSPS) is 24.3. The van der Waals surface area contributed by atoms with Crippen LogP contribution < -0.4 is 5.32 Å². The lowest BCUT2D eigenvalue weighted by Crippen LogP contribution is -2.31. The molecule has 2 fully saturated rings. The minimum Gasteiger partial charge on any atom is -0.385 e. The van der Waals surface area contributed by atoms with Crippen molar-refractivity contribution in [2.24, 2.45) is 5.41 Å². The summed E-state index contributed by atoms with van der Waals surface area (Å²) in [5, 5.41) is 3.38. The first kappa shape index (κ1) is 15.6. The summed E-state index contributed by atoms with van der Waals surface area (Å²) in [6.07, 6.45) is 8.04. The van der Waals surface area contributed by atoms with Crippen LogP contribution in [0.2, 0.25) is 0 Å². The van der Waals surface area contributed by atoms with E-state index in [1.165, 1.54) is 19.3 Å². The summed E-state index contributed by atoms with van der Waals surface area (Å²) < 4.78 is 4.69. The molecule has 1 unspecified atom stereocenters. The van der Waals surface area contributed by atoms with Crippen LogP contribution in [0.4, 0.5) is 0 Å². The molecule has 3 heteroatoms. The Morgan fingerprint density at radius 2 is 2.06 bits per heavy atom. The molecule has 0 radical (unpaired) electrons. The number of carbonyl (C=O) groups excluding carboxylic acids is 1. The quantitative estimate of drug-likeness (QED) is 0.821. The number of carbonyl (C=O) groups is 1. The molecule has 1 aliphatic carbocycles. The number of hydrogen-bond donors (Lipinski definition) is 1. The van der Waals surface area contributed by atoms with Crippen LogP contribution in [0.25, 0.3) is 0 Å². The van der Waals surface area contributed by atoms with Crippen LogP contribution in [0.3, 0.4) is 0 Å². The number of Topliss-reactive ketones (excluding diaryl/α,β-unsaturated/α-hetero) is 1. The Kier molecular flexibility index (Phi) is 6.87. The van der Waals surface area contributed by atoms with E-state index in [9.17, 15) is 4.79 Å². The smallest absolute Gasteiger partial charge is 0.149 e. The van der Waals surface area contributed by atoms with Crippen LogP contribution in [0, 0.1) is 5.41 Å². The van der Waals surface area contributed by atoms with Crippen molar-refractivity contribution in [1.29, 1.82) is 0 Å². The average molecular weight is 255 g/mol.